The molecule has 1 aliphatic heterocycles. The van der Waals surface area contributed by atoms with E-state index < -0.39 is 5.60 Å². The number of hydrogen-bond acceptors (Lipinski definition) is 3. The van der Waals surface area contributed by atoms with E-state index in [1.165, 1.54) is 0 Å². The number of amides is 1. The Hall–Kier alpha value is -1.55. The lowest BCUT2D eigenvalue weighted by Gasteiger charge is -2.52. The maximum Gasteiger partial charge on any atom is 0.219 e. The Labute approximate surface area is 132 Å². The third-order valence-electron chi connectivity index (χ3n) is 5.43. The molecule has 1 aromatic carbocycles. The van der Waals surface area contributed by atoms with E-state index in [-0.39, 0.29) is 17.9 Å². The molecule has 1 aromatic rings. The number of carbonyl (C=O) groups excluding carboxylic acids is 1. The fraction of sp³-hybridized carbons (Fsp3) is 0.611. The van der Waals surface area contributed by atoms with Crippen molar-refractivity contribution in [1.82, 2.24) is 4.90 Å². The van der Waals surface area contributed by atoms with Crippen LogP contribution < -0.4 is 4.74 Å². The number of hydrogen-bond donors (Lipinski definition) is 1. The number of nitrogens with zero attached hydrogens (tertiary/aromatic N) is 1. The van der Waals surface area contributed by atoms with Crippen molar-refractivity contribution in [1.29, 1.82) is 0 Å². The molecule has 4 heteroatoms. The normalized spacial score (nSPS) is 31.5. The molecule has 1 aliphatic carbocycles. The zero-order valence-corrected chi connectivity index (χ0v) is 13.4. The Morgan fingerprint density at radius 1 is 1.32 bits per heavy atom. The summed E-state index contributed by atoms with van der Waals surface area (Å²) in [5.41, 5.74) is 0.376. The van der Waals surface area contributed by atoms with E-state index in [1.54, 1.807) is 14.0 Å². The molecule has 22 heavy (non-hydrogen) atoms. The number of para-hydroxylation sites is 1. The zero-order chi connectivity index (χ0) is 15.7. The van der Waals surface area contributed by atoms with E-state index in [9.17, 15) is 9.90 Å². The van der Waals surface area contributed by atoms with Crippen molar-refractivity contribution >= 4 is 5.91 Å². The van der Waals surface area contributed by atoms with Gasteiger partial charge in [0.1, 0.15) is 5.75 Å². The van der Waals surface area contributed by atoms with Gasteiger partial charge in [-0.25, -0.2) is 0 Å². The number of likely N-dealkylation sites (tertiary alicyclic amines) is 1. The molecule has 1 saturated heterocycles. The lowest BCUT2D eigenvalue weighted by Crippen LogP contribution is -2.55. The fourth-order valence-electron chi connectivity index (χ4n) is 4.33. The molecular formula is C18H25NO3. The molecule has 0 bridgehead atoms. The predicted octanol–water partition coefficient (Wildman–Crippen LogP) is 2.91. The SMILES string of the molecule is COc1ccccc1[C@H]1[C@@H]2CCCC[C@]2(O)CCN1C(C)=O. The van der Waals surface area contributed by atoms with Crippen LogP contribution in [0.5, 0.6) is 5.75 Å². The van der Waals surface area contributed by atoms with Gasteiger partial charge in [0.15, 0.2) is 0 Å². The van der Waals surface area contributed by atoms with E-state index in [4.69, 9.17) is 4.74 Å². The maximum atomic E-state index is 12.2. The van der Waals surface area contributed by atoms with E-state index in [1.807, 2.05) is 29.2 Å². The molecule has 1 amide bonds. The van der Waals surface area contributed by atoms with E-state index in [0.29, 0.717) is 13.0 Å². The molecular weight excluding hydrogens is 278 g/mol. The Kier molecular flexibility index (Phi) is 4.13. The molecule has 0 unspecified atom stereocenters. The average Bonchev–Trinajstić information content (AvgIpc) is 2.53. The van der Waals surface area contributed by atoms with Crippen molar-refractivity contribution in [2.75, 3.05) is 13.7 Å². The van der Waals surface area contributed by atoms with E-state index in [2.05, 4.69) is 0 Å². The Morgan fingerprint density at radius 3 is 2.82 bits per heavy atom. The number of benzene rings is 1. The molecule has 2 fully saturated rings. The highest BCUT2D eigenvalue weighted by atomic mass is 16.5. The summed E-state index contributed by atoms with van der Waals surface area (Å²) >= 11 is 0. The van der Waals surface area contributed by atoms with Crippen LogP contribution in [0.4, 0.5) is 0 Å². The standard InChI is InChI=1S/C18H25NO3/c1-13(20)19-12-11-18(21)10-6-5-8-15(18)17(19)14-7-3-4-9-16(14)22-2/h3-4,7,9,15,17,21H,5-6,8,10-12H2,1-2H3/t15-,17-,18-/m0/s1. The summed E-state index contributed by atoms with van der Waals surface area (Å²) in [6.07, 6.45) is 4.68. The second-order valence-corrected chi connectivity index (χ2v) is 6.61. The van der Waals surface area contributed by atoms with Crippen LogP contribution in [0.1, 0.15) is 50.6 Å². The number of carbonyl (C=O) groups is 1. The fourth-order valence-corrected chi connectivity index (χ4v) is 4.33. The number of ether oxygens (including phenoxy) is 1. The minimum atomic E-state index is -0.643. The Morgan fingerprint density at radius 2 is 2.09 bits per heavy atom. The molecule has 2 aliphatic rings. The topological polar surface area (TPSA) is 49.8 Å². The van der Waals surface area contributed by atoms with Gasteiger partial charge in [-0.1, -0.05) is 31.0 Å². The Balaban J connectivity index is 2.06. The molecule has 0 aromatic heterocycles. The van der Waals surface area contributed by atoms with E-state index in [0.717, 1.165) is 37.0 Å². The van der Waals surface area contributed by atoms with Crippen molar-refractivity contribution in [3.05, 3.63) is 29.8 Å². The van der Waals surface area contributed by atoms with Gasteiger partial charge < -0.3 is 14.7 Å². The second kappa shape index (κ2) is 5.92. The quantitative estimate of drug-likeness (QED) is 0.914. The first-order valence-electron chi connectivity index (χ1n) is 8.19. The van der Waals surface area contributed by atoms with Crippen LogP contribution in [0.2, 0.25) is 0 Å². The van der Waals surface area contributed by atoms with Crippen LogP contribution in [-0.4, -0.2) is 35.2 Å². The molecule has 120 valence electrons. The van der Waals surface area contributed by atoms with Crippen LogP contribution >= 0.6 is 0 Å². The van der Waals surface area contributed by atoms with Gasteiger partial charge in [0.2, 0.25) is 5.91 Å². The summed E-state index contributed by atoms with van der Waals surface area (Å²) in [5, 5.41) is 11.1. The number of fused-ring (bicyclic) bond motifs is 1. The highest BCUT2D eigenvalue weighted by Gasteiger charge is 2.50. The number of piperidine rings is 1. The first-order chi connectivity index (χ1) is 10.6. The van der Waals surface area contributed by atoms with Gasteiger partial charge >= 0.3 is 0 Å². The van der Waals surface area contributed by atoms with Gasteiger partial charge in [0.25, 0.3) is 0 Å². The highest BCUT2D eigenvalue weighted by Crippen LogP contribution is 2.50. The van der Waals surface area contributed by atoms with Crippen LogP contribution in [0.15, 0.2) is 24.3 Å². The van der Waals surface area contributed by atoms with Crippen LogP contribution in [0.25, 0.3) is 0 Å². The van der Waals surface area contributed by atoms with Crippen LogP contribution in [-0.2, 0) is 4.79 Å². The molecule has 1 heterocycles. The minimum absolute atomic E-state index is 0.0727. The first kappa shape index (κ1) is 15.3. The largest absolute Gasteiger partial charge is 0.496 e. The summed E-state index contributed by atoms with van der Waals surface area (Å²) in [6.45, 7) is 2.24. The lowest BCUT2D eigenvalue weighted by atomic mass is 9.66. The van der Waals surface area contributed by atoms with Gasteiger partial charge in [-0.3, -0.25) is 4.79 Å². The van der Waals surface area contributed by atoms with Gasteiger partial charge in [0.05, 0.1) is 18.8 Å². The lowest BCUT2D eigenvalue weighted by molar-refractivity contribution is -0.153. The number of methoxy groups -OCH3 is 1. The van der Waals surface area contributed by atoms with Gasteiger partial charge in [-0.2, -0.15) is 0 Å². The summed E-state index contributed by atoms with van der Waals surface area (Å²) < 4.78 is 5.52. The minimum Gasteiger partial charge on any atom is -0.496 e. The molecule has 3 atom stereocenters. The van der Waals surface area contributed by atoms with Crippen LogP contribution in [0, 0.1) is 5.92 Å². The molecule has 0 spiro atoms. The Bertz CT molecular complexity index is 559. The molecule has 0 radical (unpaired) electrons. The molecule has 1 N–H and O–H groups in total. The molecule has 4 nitrogen and oxygen atoms in total. The smallest absolute Gasteiger partial charge is 0.219 e. The van der Waals surface area contributed by atoms with E-state index >= 15 is 0 Å². The third-order valence-corrected chi connectivity index (χ3v) is 5.43. The summed E-state index contributed by atoms with van der Waals surface area (Å²) in [5.74, 6) is 0.965. The van der Waals surface area contributed by atoms with Crippen molar-refractivity contribution < 1.29 is 14.6 Å². The van der Waals surface area contributed by atoms with Crippen molar-refractivity contribution in [3.63, 3.8) is 0 Å². The average molecular weight is 303 g/mol. The van der Waals surface area contributed by atoms with Crippen molar-refractivity contribution in [3.8, 4) is 5.75 Å². The first-order valence-corrected chi connectivity index (χ1v) is 8.19. The monoisotopic (exact) mass is 303 g/mol. The highest BCUT2D eigenvalue weighted by molar-refractivity contribution is 5.74. The van der Waals surface area contributed by atoms with Gasteiger partial charge in [-0.05, 0) is 25.3 Å². The number of rotatable bonds is 2. The summed E-state index contributed by atoms with van der Waals surface area (Å²) in [7, 11) is 1.66. The number of aliphatic hydroxyl groups is 1. The van der Waals surface area contributed by atoms with Crippen molar-refractivity contribution in [2.24, 2.45) is 5.92 Å². The second-order valence-electron chi connectivity index (χ2n) is 6.61. The molecule has 3 rings (SSSR count). The van der Waals surface area contributed by atoms with Crippen molar-refractivity contribution in [2.45, 2.75) is 50.7 Å². The maximum absolute atomic E-state index is 12.2. The zero-order valence-electron chi connectivity index (χ0n) is 13.4. The van der Waals surface area contributed by atoms with Gasteiger partial charge in [-0.15, -0.1) is 0 Å². The molecule has 1 saturated carbocycles. The van der Waals surface area contributed by atoms with Gasteiger partial charge in [0, 0.05) is 24.9 Å². The predicted molar refractivity (Wildman–Crippen MR) is 84.6 cm³/mol. The van der Waals surface area contributed by atoms with Crippen LogP contribution in [0.3, 0.4) is 0 Å². The third kappa shape index (κ3) is 2.50. The summed E-state index contributed by atoms with van der Waals surface area (Å²) in [4.78, 5) is 14.1. The summed E-state index contributed by atoms with van der Waals surface area (Å²) in [6, 6.07) is 7.79.